The first-order valence-electron chi connectivity index (χ1n) is 21.8. The Morgan fingerprint density at radius 2 is 0.712 bits per heavy atom. The largest absolute Gasteiger partial charge is 0.208 e. The average Bonchev–Trinajstić information content (AvgIpc) is 3.40. The second-order valence-electron chi connectivity index (χ2n) is 16.2. The highest BCUT2D eigenvalue weighted by molar-refractivity contribution is 6.08. The smallest absolute Gasteiger partial charge is 0.164 e. The minimum Gasteiger partial charge on any atom is -0.208 e. The third kappa shape index (κ3) is 7.64. The van der Waals surface area contributed by atoms with Crippen molar-refractivity contribution in [2.24, 2.45) is 0 Å². The lowest BCUT2D eigenvalue weighted by atomic mass is 9.92. The zero-order valence-electron chi connectivity index (χ0n) is 35.6. The van der Waals surface area contributed by atoms with E-state index >= 15 is 0 Å². The minimum atomic E-state index is 0.456. The van der Waals surface area contributed by atoms with Crippen LogP contribution in [0.2, 0.25) is 0 Å². The van der Waals surface area contributed by atoms with Gasteiger partial charge in [-0.05, 0) is 108 Å². The van der Waals surface area contributed by atoms with Crippen LogP contribution >= 0.6 is 0 Å². The number of nitrogens with zero attached hydrogens (tertiary/aromatic N) is 5. The number of rotatable bonds is 8. The molecule has 0 spiro atoms. The fraction of sp³-hybridized carbons (Fsp3) is 0. The Morgan fingerprint density at radius 1 is 0.258 bits per heavy atom. The number of hydrogen-bond donors (Lipinski definition) is 0. The van der Waals surface area contributed by atoms with Crippen molar-refractivity contribution >= 4 is 21.5 Å². The maximum absolute atomic E-state index is 10.4. The van der Waals surface area contributed by atoms with Gasteiger partial charge in [-0.2, -0.15) is 10.5 Å². The first-order chi connectivity index (χ1) is 32.6. The molecule has 0 aliphatic rings. The van der Waals surface area contributed by atoms with Gasteiger partial charge < -0.3 is 0 Å². The molecule has 0 unspecified atom stereocenters. The van der Waals surface area contributed by atoms with Gasteiger partial charge in [0.1, 0.15) is 0 Å². The molecule has 5 nitrogen and oxygen atoms in total. The lowest BCUT2D eigenvalue weighted by Gasteiger charge is -2.12. The summed E-state index contributed by atoms with van der Waals surface area (Å²) in [7, 11) is 0. The molecular weight excluding hydrogens is 803 g/mol. The summed E-state index contributed by atoms with van der Waals surface area (Å²) in [6, 6.07) is 81.2. The molecule has 0 bridgehead atoms. The van der Waals surface area contributed by atoms with Crippen LogP contribution in [0.25, 0.3) is 111 Å². The molecule has 0 fully saturated rings. The summed E-state index contributed by atoms with van der Waals surface area (Å²) in [6.45, 7) is 0. The number of benzene rings is 10. The third-order valence-electron chi connectivity index (χ3n) is 12.2. The Morgan fingerprint density at radius 3 is 1.41 bits per heavy atom. The van der Waals surface area contributed by atoms with Crippen molar-refractivity contribution in [3.05, 3.63) is 236 Å². The summed E-state index contributed by atoms with van der Waals surface area (Å²) < 4.78 is 0. The highest BCUT2D eigenvalue weighted by Crippen LogP contribution is 2.36. The maximum Gasteiger partial charge on any atom is 0.164 e. The molecule has 0 saturated heterocycles. The van der Waals surface area contributed by atoms with E-state index in [-0.39, 0.29) is 0 Å². The van der Waals surface area contributed by atoms with Gasteiger partial charge >= 0.3 is 0 Å². The predicted molar refractivity (Wildman–Crippen MR) is 268 cm³/mol. The first kappa shape index (κ1) is 39.5. The van der Waals surface area contributed by atoms with Crippen LogP contribution in [0.15, 0.2) is 224 Å². The number of nitriles is 2. The highest BCUT2D eigenvalue weighted by atomic mass is 15.0. The molecule has 66 heavy (non-hydrogen) atoms. The van der Waals surface area contributed by atoms with Gasteiger partial charge in [0.2, 0.25) is 0 Å². The van der Waals surface area contributed by atoms with E-state index in [0.717, 1.165) is 55.6 Å². The normalized spacial score (nSPS) is 11.0. The molecule has 0 amide bonds. The van der Waals surface area contributed by atoms with E-state index in [9.17, 15) is 10.5 Å². The molecule has 11 aromatic rings. The van der Waals surface area contributed by atoms with Crippen LogP contribution in [0, 0.1) is 22.7 Å². The van der Waals surface area contributed by atoms with Crippen molar-refractivity contribution in [3.63, 3.8) is 0 Å². The lowest BCUT2D eigenvalue weighted by Crippen LogP contribution is -2.01. The van der Waals surface area contributed by atoms with E-state index in [4.69, 9.17) is 15.0 Å². The average molecular weight is 840 g/mol. The number of fused-ring (bicyclic) bond motifs is 3. The molecule has 1 heterocycles. The van der Waals surface area contributed by atoms with E-state index in [1.807, 2.05) is 115 Å². The zero-order valence-corrected chi connectivity index (χ0v) is 35.6. The van der Waals surface area contributed by atoms with Crippen LogP contribution in [0.4, 0.5) is 0 Å². The fourth-order valence-electron chi connectivity index (χ4n) is 8.80. The molecule has 0 aliphatic carbocycles. The van der Waals surface area contributed by atoms with Crippen molar-refractivity contribution in [3.8, 4) is 102 Å². The molecule has 10 aromatic carbocycles. The summed E-state index contributed by atoms with van der Waals surface area (Å²) in [6.07, 6.45) is 0. The van der Waals surface area contributed by atoms with Crippen molar-refractivity contribution < 1.29 is 0 Å². The molecule has 306 valence electrons. The Labute approximate surface area is 382 Å². The van der Waals surface area contributed by atoms with Crippen LogP contribution in [0.5, 0.6) is 0 Å². The Balaban J connectivity index is 0.924. The van der Waals surface area contributed by atoms with Gasteiger partial charge in [0.15, 0.2) is 17.5 Å². The first-order valence-corrected chi connectivity index (χ1v) is 21.8. The molecule has 0 aliphatic heterocycles. The Bertz CT molecular complexity index is 3710. The summed E-state index contributed by atoms with van der Waals surface area (Å²) >= 11 is 0. The lowest BCUT2D eigenvalue weighted by molar-refractivity contribution is 1.07. The summed E-state index contributed by atoms with van der Waals surface area (Å²) in [5.74, 6) is 1.45. The second kappa shape index (κ2) is 17.1. The van der Waals surface area contributed by atoms with E-state index < -0.39 is 0 Å². The van der Waals surface area contributed by atoms with Crippen molar-refractivity contribution in [2.75, 3.05) is 0 Å². The predicted octanol–water partition coefficient (Wildman–Crippen LogP) is 15.3. The van der Waals surface area contributed by atoms with Crippen LogP contribution in [-0.2, 0) is 0 Å². The monoisotopic (exact) mass is 839 g/mol. The van der Waals surface area contributed by atoms with Gasteiger partial charge in [0, 0.05) is 22.3 Å². The fourth-order valence-corrected chi connectivity index (χ4v) is 8.80. The van der Waals surface area contributed by atoms with Crippen LogP contribution in [0.3, 0.4) is 0 Å². The quantitative estimate of drug-likeness (QED) is 0.142. The standard InChI is InChI=1S/C61H37N5/c62-38-53-30-29-49(47-17-9-16-46(33-47)40-21-23-41(24-22-40)48-28-27-44-26-25-43-13-7-8-20-56(43)58(44)37-48)36-57(53)50-18-10-19-51(34-50)60-64-59(45-14-5-2-6-15-45)65-61(66-60)52-31-32-55(54(35-52)39-63)42-11-3-1-4-12-42/h1-37H. The third-order valence-corrected chi connectivity index (χ3v) is 12.2. The topological polar surface area (TPSA) is 86.2 Å². The van der Waals surface area contributed by atoms with Crippen molar-refractivity contribution in [1.82, 2.24) is 15.0 Å². The molecule has 0 atom stereocenters. The van der Waals surface area contributed by atoms with Gasteiger partial charge in [-0.3, -0.25) is 0 Å². The molecule has 0 radical (unpaired) electrons. The molecular formula is C61H37N5. The van der Waals surface area contributed by atoms with E-state index in [1.165, 1.54) is 32.7 Å². The van der Waals surface area contributed by atoms with Gasteiger partial charge in [0.25, 0.3) is 0 Å². The SMILES string of the molecule is N#Cc1cc(-c2nc(-c3ccccc3)nc(-c3cccc(-c4cc(-c5cccc(-c6ccc(-c7ccc8ccc9ccccc9c8c7)cc6)c5)ccc4C#N)c3)n2)ccc1-c1ccccc1. The van der Waals surface area contributed by atoms with Crippen molar-refractivity contribution in [1.29, 1.82) is 10.5 Å². The van der Waals surface area contributed by atoms with Gasteiger partial charge in [-0.25, -0.2) is 15.0 Å². The second-order valence-corrected chi connectivity index (χ2v) is 16.2. The molecule has 0 N–H and O–H groups in total. The summed E-state index contributed by atoms with van der Waals surface area (Å²) in [5, 5.41) is 25.6. The zero-order chi connectivity index (χ0) is 44.4. The van der Waals surface area contributed by atoms with Crippen LogP contribution in [-0.4, -0.2) is 15.0 Å². The molecule has 11 rings (SSSR count). The number of aromatic nitrogens is 3. The van der Waals surface area contributed by atoms with E-state index in [0.29, 0.717) is 34.2 Å². The van der Waals surface area contributed by atoms with Crippen LogP contribution in [0.1, 0.15) is 11.1 Å². The van der Waals surface area contributed by atoms with Gasteiger partial charge in [0.05, 0.1) is 23.3 Å². The summed E-state index contributed by atoms with van der Waals surface area (Å²) in [4.78, 5) is 14.9. The van der Waals surface area contributed by atoms with Crippen LogP contribution < -0.4 is 0 Å². The molecule has 1 aromatic heterocycles. The maximum atomic E-state index is 10.4. The Hall–Kier alpha value is -9.29. The highest BCUT2D eigenvalue weighted by Gasteiger charge is 2.17. The van der Waals surface area contributed by atoms with Gasteiger partial charge in [-0.15, -0.1) is 0 Å². The minimum absolute atomic E-state index is 0.456. The van der Waals surface area contributed by atoms with E-state index in [1.54, 1.807) is 0 Å². The molecule has 5 heteroatoms. The van der Waals surface area contributed by atoms with Gasteiger partial charge in [-0.1, -0.05) is 188 Å². The molecule has 0 saturated carbocycles. The summed E-state index contributed by atoms with van der Waals surface area (Å²) in [5.41, 5.74) is 13.5. The number of hydrogen-bond acceptors (Lipinski definition) is 5. The Kier molecular flexibility index (Phi) is 10.3. The van der Waals surface area contributed by atoms with Crippen molar-refractivity contribution in [2.45, 2.75) is 0 Å². The van der Waals surface area contributed by atoms with E-state index in [2.05, 4.69) is 121 Å².